The van der Waals surface area contributed by atoms with Gasteiger partial charge in [0, 0.05) is 24.7 Å². The Hall–Kier alpha value is -1.00. The molecule has 120 valence electrons. The van der Waals surface area contributed by atoms with Crippen LogP contribution in [0.1, 0.15) is 52.1 Å². The third kappa shape index (κ3) is 5.71. The Labute approximate surface area is 127 Å². The first-order valence-electron chi connectivity index (χ1n) is 7.95. The smallest absolute Gasteiger partial charge is 0.126 e. The fourth-order valence-corrected chi connectivity index (χ4v) is 2.65. The molecule has 0 aromatic heterocycles. The molecule has 1 N–H and O–H groups in total. The van der Waals surface area contributed by atoms with Gasteiger partial charge in [-0.3, -0.25) is 0 Å². The monoisotopic (exact) mass is 298 g/mol. The normalized spacial score (nSPS) is 14.4. The quantitative estimate of drug-likeness (QED) is 0.737. The van der Waals surface area contributed by atoms with Gasteiger partial charge < -0.3 is 10.2 Å². The molecular formula is C17H28F2N2. The molecule has 0 bridgehead atoms. The molecule has 4 heteroatoms. The molecule has 2 atom stereocenters. The number of halogens is 2. The van der Waals surface area contributed by atoms with Gasteiger partial charge in [-0.05, 0) is 50.6 Å². The van der Waals surface area contributed by atoms with E-state index < -0.39 is 11.6 Å². The molecule has 2 nitrogen and oxygen atoms in total. The van der Waals surface area contributed by atoms with E-state index in [0.717, 1.165) is 38.5 Å². The fraction of sp³-hybridized carbons (Fsp3) is 0.647. The van der Waals surface area contributed by atoms with E-state index in [1.165, 1.54) is 12.1 Å². The van der Waals surface area contributed by atoms with Gasteiger partial charge in [-0.2, -0.15) is 0 Å². The molecule has 0 saturated heterocycles. The van der Waals surface area contributed by atoms with Gasteiger partial charge in [-0.25, -0.2) is 8.78 Å². The lowest BCUT2D eigenvalue weighted by Crippen LogP contribution is -2.35. The molecule has 0 spiro atoms. The van der Waals surface area contributed by atoms with Gasteiger partial charge in [0.25, 0.3) is 0 Å². The highest BCUT2D eigenvalue weighted by Gasteiger charge is 2.16. The Morgan fingerprint density at radius 3 is 2.19 bits per heavy atom. The summed E-state index contributed by atoms with van der Waals surface area (Å²) < 4.78 is 26.8. The minimum absolute atomic E-state index is 0.0155. The minimum atomic E-state index is -0.512. The predicted molar refractivity (Wildman–Crippen MR) is 84.4 cm³/mol. The number of hydrogen-bond donors (Lipinski definition) is 1. The van der Waals surface area contributed by atoms with E-state index in [1.54, 1.807) is 0 Å². The SMILES string of the molecule is CCNC(CCN(CC)C(C)CC)c1cc(F)cc(F)c1. The van der Waals surface area contributed by atoms with Crippen molar-refractivity contribution in [3.05, 3.63) is 35.4 Å². The summed E-state index contributed by atoms with van der Waals surface area (Å²) in [6, 6.07) is 4.29. The molecule has 21 heavy (non-hydrogen) atoms. The molecule has 0 heterocycles. The molecular weight excluding hydrogens is 270 g/mol. The average Bonchev–Trinajstić information content (AvgIpc) is 2.45. The molecule has 2 unspecified atom stereocenters. The van der Waals surface area contributed by atoms with E-state index in [9.17, 15) is 8.78 Å². The van der Waals surface area contributed by atoms with Crippen molar-refractivity contribution in [1.82, 2.24) is 10.2 Å². The molecule has 0 amide bonds. The van der Waals surface area contributed by atoms with E-state index in [0.29, 0.717) is 11.6 Å². The van der Waals surface area contributed by atoms with Gasteiger partial charge in [-0.1, -0.05) is 20.8 Å². The van der Waals surface area contributed by atoms with E-state index in [2.05, 4.69) is 31.0 Å². The third-order valence-electron chi connectivity index (χ3n) is 4.06. The summed E-state index contributed by atoms with van der Waals surface area (Å²) in [5, 5.41) is 3.33. The molecule has 1 rings (SSSR count). The minimum Gasteiger partial charge on any atom is -0.310 e. The van der Waals surface area contributed by atoms with E-state index in [-0.39, 0.29) is 6.04 Å². The highest BCUT2D eigenvalue weighted by Crippen LogP contribution is 2.20. The van der Waals surface area contributed by atoms with Crippen LogP contribution in [0.2, 0.25) is 0 Å². The Morgan fingerprint density at radius 2 is 1.71 bits per heavy atom. The van der Waals surface area contributed by atoms with Crippen molar-refractivity contribution in [1.29, 1.82) is 0 Å². The third-order valence-corrected chi connectivity index (χ3v) is 4.06. The van der Waals surface area contributed by atoms with Crippen molar-refractivity contribution in [3.8, 4) is 0 Å². The first-order valence-corrected chi connectivity index (χ1v) is 7.95. The number of rotatable bonds is 9. The van der Waals surface area contributed by atoms with Gasteiger partial charge in [0.1, 0.15) is 11.6 Å². The molecule has 1 aromatic rings. The Balaban J connectivity index is 2.77. The van der Waals surface area contributed by atoms with Crippen molar-refractivity contribution < 1.29 is 8.78 Å². The number of nitrogens with one attached hydrogen (secondary N) is 1. The lowest BCUT2D eigenvalue weighted by atomic mass is 10.0. The average molecular weight is 298 g/mol. The summed E-state index contributed by atoms with van der Waals surface area (Å²) in [5.41, 5.74) is 0.689. The summed E-state index contributed by atoms with van der Waals surface area (Å²) >= 11 is 0. The van der Waals surface area contributed by atoms with Gasteiger partial charge in [-0.15, -0.1) is 0 Å². The second-order valence-electron chi connectivity index (χ2n) is 5.49. The van der Waals surface area contributed by atoms with Gasteiger partial charge in [0.05, 0.1) is 0 Å². The van der Waals surface area contributed by atoms with Crippen molar-refractivity contribution in [2.24, 2.45) is 0 Å². The van der Waals surface area contributed by atoms with Crippen molar-refractivity contribution in [2.45, 2.75) is 52.6 Å². The van der Waals surface area contributed by atoms with Crippen LogP contribution in [0.4, 0.5) is 8.78 Å². The maximum absolute atomic E-state index is 13.4. The molecule has 0 aliphatic carbocycles. The lowest BCUT2D eigenvalue weighted by Gasteiger charge is -2.29. The molecule has 1 aromatic carbocycles. The number of benzene rings is 1. The summed E-state index contributed by atoms with van der Waals surface area (Å²) in [6.45, 7) is 11.2. The maximum Gasteiger partial charge on any atom is 0.126 e. The van der Waals surface area contributed by atoms with Crippen LogP contribution in [0, 0.1) is 11.6 Å². The number of hydrogen-bond acceptors (Lipinski definition) is 2. The summed E-state index contributed by atoms with van der Waals surface area (Å²) in [4.78, 5) is 2.40. The second-order valence-corrected chi connectivity index (χ2v) is 5.49. The highest BCUT2D eigenvalue weighted by molar-refractivity contribution is 5.21. The van der Waals surface area contributed by atoms with Crippen LogP contribution in [0.3, 0.4) is 0 Å². The lowest BCUT2D eigenvalue weighted by molar-refractivity contribution is 0.203. The van der Waals surface area contributed by atoms with Crippen LogP contribution in [-0.4, -0.2) is 30.6 Å². The van der Waals surface area contributed by atoms with Crippen LogP contribution in [-0.2, 0) is 0 Å². The van der Waals surface area contributed by atoms with E-state index >= 15 is 0 Å². The Bertz CT molecular complexity index is 403. The Kier molecular flexibility index (Phi) is 7.83. The van der Waals surface area contributed by atoms with E-state index in [4.69, 9.17) is 0 Å². The predicted octanol–water partition coefficient (Wildman–Crippen LogP) is 4.13. The summed E-state index contributed by atoms with van der Waals surface area (Å²) in [5.74, 6) is -1.02. The number of nitrogens with zero attached hydrogens (tertiary/aromatic N) is 1. The first kappa shape index (κ1) is 18.1. The Morgan fingerprint density at radius 1 is 1.10 bits per heavy atom. The first-order chi connectivity index (χ1) is 10.0. The molecule has 0 aliphatic rings. The summed E-state index contributed by atoms with van der Waals surface area (Å²) in [6.07, 6.45) is 1.95. The molecule has 0 saturated carbocycles. The van der Waals surface area contributed by atoms with Crippen LogP contribution < -0.4 is 5.32 Å². The van der Waals surface area contributed by atoms with Crippen LogP contribution in [0.15, 0.2) is 18.2 Å². The van der Waals surface area contributed by atoms with Crippen LogP contribution >= 0.6 is 0 Å². The zero-order valence-electron chi connectivity index (χ0n) is 13.6. The maximum atomic E-state index is 13.4. The summed E-state index contributed by atoms with van der Waals surface area (Å²) in [7, 11) is 0. The van der Waals surface area contributed by atoms with Gasteiger partial charge in [0.2, 0.25) is 0 Å². The van der Waals surface area contributed by atoms with Crippen LogP contribution in [0.5, 0.6) is 0 Å². The molecule has 0 aliphatic heterocycles. The van der Waals surface area contributed by atoms with Crippen LogP contribution in [0.25, 0.3) is 0 Å². The highest BCUT2D eigenvalue weighted by atomic mass is 19.1. The van der Waals surface area contributed by atoms with Crippen molar-refractivity contribution in [2.75, 3.05) is 19.6 Å². The zero-order chi connectivity index (χ0) is 15.8. The fourth-order valence-electron chi connectivity index (χ4n) is 2.65. The topological polar surface area (TPSA) is 15.3 Å². The molecule has 0 fully saturated rings. The van der Waals surface area contributed by atoms with Crippen molar-refractivity contribution in [3.63, 3.8) is 0 Å². The largest absolute Gasteiger partial charge is 0.310 e. The standard InChI is InChI=1S/C17H28F2N2/c1-5-13(4)21(7-3)9-8-17(20-6-2)14-10-15(18)12-16(19)11-14/h10-13,17,20H,5-9H2,1-4H3. The van der Waals surface area contributed by atoms with Crippen molar-refractivity contribution >= 4 is 0 Å². The zero-order valence-corrected chi connectivity index (χ0v) is 13.6. The molecule has 0 radical (unpaired) electrons. The van der Waals surface area contributed by atoms with Gasteiger partial charge in [0.15, 0.2) is 0 Å². The van der Waals surface area contributed by atoms with E-state index in [1.807, 2.05) is 6.92 Å². The van der Waals surface area contributed by atoms with Gasteiger partial charge >= 0.3 is 0 Å². The second kappa shape index (κ2) is 9.11.